The van der Waals surface area contributed by atoms with E-state index in [1.54, 1.807) is 0 Å². The molecule has 122 valence electrons. The van der Waals surface area contributed by atoms with Gasteiger partial charge in [0.2, 0.25) is 0 Å². The SMILES string of the molecule is CC(=O)c1ccc(OC(=O)C(=O)Oc2ccc(C(C)=O)cc2)cc1. The van der Waals surface area contributed by atoms with Gasteiger partial charge in [-0.15, -0.1) is 0 Å². The van der Waals surface area contributed by atoms with Crippen LogP contribution in [0.4, 0.5) is 0 Å². The molecule has 6 heteroatoms. The Kier molecular flexibility index (Phi) is 5.21. The van der Waals surface area contributed by atoms with Crippen LogP contribution in [0.15, 0.2) is 48.5 Å². The van der Waals surface area contributed by atoms with Crippen molar-refractivity contribution in [3.05, 3.63) is 59.7 Å². The highest BCUT2D eigenvalue weighted by Crippen LogP contribution is 2.15. The average Bonchev–Trinajstić information content (AvgIpc) is 2.55. The van der Waals surface area contributed by atoms with Gasteiger partial charge in [0.15, 0.2) is 11.6 Å². The molecular formula is C18H14O6. The highest BCUT2D eigenvalue weighted by atomic mass is 16.6. The fourth-order valence-corrected chi connectivity index (χ4v) is 1.81. The summed E-state index contributed by atoms with van der Waals surface area (Å²) in [6.45, 7) is 2.82. The van der Waals surface area contributed by atoms with Crippen LogP contribution in [0.3, 0.4) is 0 Å². The Hall–Kier alpha value is -3.28. The summed E-state index contributed by atoms with van der Waals surface area (Å²) in [7, 11) is 0. The van der Waals surface area contributed by atoms with Crippen molar-refractivity contribution < 1.29 is 28.7 Å². The topological polar surface area (TPSA) is 86.7 Å². The van der Waals surface area contributed by atoms with E-state index < -0.39 is 11.9 Å². The van der Waals surface area contributed by atoms with Crippen LogP contribution in [-0.2, 0) is 9.59 Å². The molecular weight excluding hydrogens is 312 g/mol. The third kappa shape index (κ3) is 4.36. The molecule has 0 atom stereocenters. The predicted molar refractivity (Wildman–Crippen MR) is 84.2 cm³/mol. The lowest BCUT2D eigenvalue weighted by atomic mass is 10.1. The molecule has 0 unspecified atom stereocenters. The van der Waals surface area contributed by atoms with Gasteiger partial charge in [0, 0.05) is 11.1 Å². The van der Waals surface area contributed by atoms with Gasteiger partial charge in [-0.25, -0.2) is 9.59 Å². The van der Waals surface area contributed by atoms with Crippen molar-refractivity contribution in [2.24, 2.45) is 0 Å². The predicted octanol–water partition coefficient (Wildman–Crippen LogP) is 2.60. The van der Waals surface area contributed by atoms with Crippen molar-refractivity contribution in [1.29, 1.82) is 0 Å². The summed E-state index contributed by atoms with van der Waals surface area (Å²) in [4.78, 5) is 45.7. The van der Waals surface area contributed by atoms with Crippen LogP contribution in [0.1, 0.15) is 34.6 Å². The highest BCUT2D eigenvalue weighted by Gasteiger charge is 2.19. The number of carbonyl (C=O) groups is 4. The zero-order valence-corrected chi connectivity index (χ0v) is 13.1. The van der Waals surface area contributed by atoms with Crippen LogP contribution < -0.4 is 9.47 Å². The molecule has 0 heterocycles. The van der Waals surface area contributed by atoms with E-state index in [1.807, 2.05) is 0 Å². The molecule has 24 heavy (non-hydrogen) atoms. The summed E-state index contributed by atoms with van der Waals surface area (Å²) >= 11 is 0. The Labute approximate surface area is 138 Å². The highest BCUT2D eigenvalue weighted by molar-refractivity contribution is 6.31. The molecule has 0 aliphatic carbocycles. The second-order valence-electron chi connectivity index (χ2n) is 4.94. The normalized spacial score (nSPS) is 9.92. The first kappa shape index (κ1) is 17.1. The van der Waals surface area contributed by atoms with E-state index in [4.69, 9.17) is 9.47 Å². The van der Waals surface area contributed by atoms with Gasteiger partial charge in [-0.1, -0.05) is 0 Å². The molecule has 2 rings (SSSR count). The maximum atomic E-state index is 11.7. The fraction of sp³-hybridized carbons (Fsp3) is 0.111. The number of rotatable bonds is 4. The van der Waals surface area contributed by atoms with Crippen LogP contribution >= 0.6 is 0 Å². The maximum absolute atomic E-state index is 11.7. The van der Waals surface area contributed by atoms with Crippen molar-refractivity contribution in [2.45, 2.75) is 13.8 Å². The molecule has 6 nitrogen and oxygen atoms in total. The van der Waals surface area contributed by atoms with Crippen LogP contribution in [0.2, 0.25) is 0 Å². The lowest BCUT2D eigenvalue weighted by Crippen LogP contribution is -2.25. The summed E-state index contributed by atoms with van der Waals surface area (Å²) in [6.07, 6.45) is 0. The lowest BCUT2D eigenvalue weighted by Gasteiger charge is -2.06. The summed E-state index contributed by atoms with van der Waals surface area (Å²) in [6, 6.07) is 11.6. The van der Waals surface area contributed by atoms with Crippen LogP contribution in [0, 0.1) is 0 Å². The van der Waals surface area contributed by atoms with Crippen molar-refractivity contribution in [2.75, 3.05) is 0 Å². The van der Waals surface area contributed by atoms with E-state index in [1.165, 1.54) is 62.4 Å². The van der Waals surface area contributed by atoms with Crippen molar-refractivity contribution in [1.82, 2.24) is 0 Å². The molecule has 0 bridgehead atoms. The minimum atomic E-state index is -1.19. The molecule has 0 amide bonds. The van der Waals surface area contributed by atoms with Crippen molar-refractivity contribution in [3.63, 3.8) is 0 Å². The van der Waals surface area contributed by atoms with Gasteiger partial charge in [-0.3, -0.25) is 9.59 Å². The fourth-order valence-electron chi connectivity index (χ4n) is 1.81. The molecule has 0 aliphatic heterocycles. The number of esters is 2. The van der Waals surface area contributed by atoms with Gasteiger partial charge in [0.05, 0.1) is 0 Å². The Morgan fingerprint density at radius 3 is 1.12 bits per heavy atom. The molecule has 0 aliphatic rings. The lowest BCUT2D eigenvalue weighted by molar-refractivity contribution is -0.156. The number of hydrogen-bond donors (Lipinski definition) is 0. The zero-order chi connectivity index (χ0) is 17.7. The summed E-state index contributed by atoms with van der Waals surface area (Å²) in [5, 5.41) is 0. The standard InChI is InChI=1S/C18H14O6/c1-11(19)13-3-7-15(8-4-13)23-17(21)18(22)24-16-9-5-14(6-10-16)12(2)20/h3-10H,1-2H3. The first-order valence-electron chi connectivity index (χ1n) is 7.03. The second-order valence-corrected chi connectivity index (χ2v) is 4.94. The quantitative estimate of drug-likeness (QED) is 0.371. The molecule has 0 spiro atoms. The van der Waals surface area contributed by atoms with Gasteiger partial charge in [0.1, 0.15) is 11.5 Å². The van der Waals surface area contributed by atoms with Crippen LogP contribution in [0.5, 0.6) is 11.5 Å². The third-order valence-corrected chi connectivity index (χ3v) is 3.11. The number of benzene rings is 2. The second kappa shape index (κ2) is 7.32. The first-order chi connectivity index (χ1) is 11.4. The van der Waals surface area contributed by atoms with Gasteiger partial charge in [0.25, 0.3) is 0 Å². The van der Waals surface area contributed by atoms with E-state index in [0.717, 1.165) is 0 Å². The van der Waals surface area contributed by atoms with E-state index in [2.05, 4.69) is 0 Å². The van der Waals surface area contributed by atoms with Crippen LogP contribution in [-0.4, -0.2) is 23.5 Å². The van der Waals surface area contributed by atoms with E-state index in [-0.39, 0.29) is 23.1 Å². The Bertz CT molecular complexity index is 718. The van der Waals surface area contributed by atoms with Crippen molar-refractivity contribution >= 4 is 23.5 Å². The molecule has 0 fully saturated rings. The smallest absolute Gasteiger partial charge is 0.418 e. The van der Waals surface area contributed by atoms with Gasteiger partial charge in [-0.05, 0) is 62.4 Å². The first-order valence-corrected chi connectivity index (χ1v) is 7.03. The van der Waals surface area contributed by atoms with E-state index >= 15 is 0 Å². The minimum Gasteiger partial charge on any atom is -0.418 e. The molecule has 0 N–H and O–H groups in total. The molecule has 0 saturated heterocycles. The largest absolute Gasteiger partial charge is 0.423 e. The van der Waals surface area contributed by atoms with E-state index in [9.17, 15) is 19.2 Å². The minimum absolute atomic E-state index is 0.119. The number of Topliss-reactive ketones (excluding diaryl/α,β-unsaturated/α-hetero) is 2. The number of carbonyl (C=O) groups excluding carboxylic acids is 4. The summed E-state index contributed by atoms with van der Waals surface area (Å²) < 4.78 is 9.73. The molecule has 2 aromatic carbocycles. The molecule has 0 radical (unpaired) electrons. The number of hydrogen-bond acceptors (Lipinski definition) is 6. The third-order valence-electron chi connectivity index (χ3n) is 3.11. The molecule has 2 aromatic rings. The molecule has 0 aromatic heterocycles. The Morgan fingerprint density at radius 2 is 0.875 bits per heavy atom. The van der Waals surface area contributed by atoms with Gasteiger partial charge in [-0.2, -0.15) is 0 Å². The van der Waals surface area contributed by atoms with E-state index in [0.29, 0.717) is 11.1 Å². The van der Waals surface area contributed by atoms with Gasteiger partial charge >= 0.3 is 11.9 Å². The Morgan fingerprint density at radius 1 is 0.583 bits per heavy atom. The number of ketones is 2. The monoisotopic (exact) mass is 326 g/mol. The van der Waals surface area contributed by atoms with Gasteiger partial charge < -0.3 is 9.47 Å². The number of ether oxygens (including phenoxy) is 2. The summed E-state index contributed by atoms with van der Waals surface area (Å²) in [5.41, 5.74) is 0.922. The average molecular weight is 326 g/mol. The van der Waals surface area contributed by atoms with Crippen LogP contribution in [0.25, 0.3) is 0 Å². The Balaban J connectivity index is 1.97. The zero-order valence-electron chi connectivity index (χ0n) is 13.1. The van der Waals surface area contributed by atoms with Crippen molar-refractivity contribution in [3.8, 4) is 11.5 Å². The maximum Gasteiger partial charge on any atom is 0.423 e. The molecule has 0 saturated carbocycles. The summed E-state index contributed by atoms with van der Waals surface area (Å²) in [5.74, 6) is -2.40.